The van der Waals surface area contributed by atoms with Crippen LogP contribution in [0.1, 0.15) is 5.69 Å². The maximum Gasteiger partial charge on any atom is 0.154 e. The maximum absolute atomic E-state index is 3.89. The second kappa shape index (κ2) is 2.35. The van der Waals surface area contributed by atoms with E-state index >= 15 is 0 Å². The second-order valence-electron chi connectivity index (χ2n) is 1.68. The lowest BCUT2D eigenvalue weighted by atomic mass is 10.4. The third-order valence-corrected chi connectivity index (χ3v) is 0.951. The minimum absolute atomic E-state index is 0.627. The Balaban J connectivity index is 3.07. The molecule has 46 valence electrons. The molecule has 0 amide bonds. The summed E-state index contributed by atoms with van der Waals surface area (Å²) in [6, 6.07) is 1.77. The molecule has 0 saturated carbocycles. The van der Waals surface area contributed by atoms with Crippen LogP contribution in [0.15, 0.2) is 17.4 Å². The van der Waals surface area contributed by atoms with E-state index < -0.39 is 0 Å². The fourth-order valence-electron chi connectivity index (χ4n) is 0.527. The zero-order valence-electron chi connectivity index (χ0n) is 5.20. The Bertz CT molecular complexity index is 219. The minimum atomic E-state index is 0.627. The van der Waals surface area contributed by atoms with Crippen LogP contribution >= 0.6 is 0 Å². The van der Waals surface area contributed by atoms with Crippen molar-refractivity contribution in [1.29, 1.82) is 0 Å². The average Bonchev–Trinajstić information content (AvgIpc) is 1.88. The van der Waals surface area contributed by atoms with Crippen molar-refractivity contribution >= 4 is 12.5 Å². The van der Waals surface area contributed by atoms with E-state index in [2.05, 4.69) is 21.7 Å². The largest absolute Gasteiger partial charge is 0.245 e. The highest BCUT2D eigenvalue weighted by atomic mass is 14.9. The van der Waals surface area contributed by atoms with E-state index in [1.807, 2.05) is 6.92 Å². The normalized spacial score (nSPS) is 9.00. The summed E-state index contributed by atoms with van der Waals surface area (Å²) in [5.74, 6) is 0.627. The Hall–Kier alpha value is -1.25. The first-order chi connectivity index (χ1) is 4.33. The highest BCUT2D eigenvalue weighted by Gasteiger charge is 1.87. The molecule has 1 aromatic heterocycles. The summed E-state index contributed by atoms with van der Waals surface area (Å²) in [5, 5.41) is 0. The number of rotatable bonds is 1. The molecule has 0 aromatic carbocycles. The molecule has 0 aliphatic heterocycles. The van der Waals surface area contributed by atoms with Crippen LogP contribution in [0.5, 0.6) is 0 Å². The van der Waals surface area contributed by atoms with Gasteiger partial charge in [0.2, 0.25) is 0 Å². The van der Waals surface area contributed by atoms with Gasteiger partial charge in [-0.3, -0.25) is 0 Å². The number of hydrogen-bond acceptors (Lipinski definition) is 3. The molecule has 0 fully saturated rings. The van der Waals surface area contributed by atoms with Gasteiger partial charge in [0.1, 0.15) is 6.33 Å². The third kappa shape index (κ3) is 1.32. The molecule has 1 rings (SSSR count). The van der Waals surface area contributed by atoms with Gasteiger partial charge in [-0.05, 0) is 13.6 Å². The van der Waals surface area contributed by atoms with Gasteiger partial charge in [0.15, 0.2) is 5.82 Å². The lowest BCUT2D eigenvalue weighted by Gasteiger charge is -1.89. The highest BCUT2D eigenvalue weighted by Crippen LogP contribution is 2.04. The molecule has 1 aromatic rings. The van der Waals surface area contributed by atoms with Crippen LogP contribution in [0.3, 0.4) is 0 Å². The van der Waals surface area contributed by atoms with Gasteiger partial charge in [0, 0.05) is 11.8 Å². The van der Waals surface area contributed by atoms with Gasteiger partial charge in [-0.15, -0.1) is 0 Å². The van der Waals surface area contributed by atoms with Gasteiger partial charge in [-0.2, -0.15) is 0 Å². The molecule has 0 N–H and O–H groups in total. The van der Waals surface area contributed by atoms with Gasteiger partial charge in [-0.25, -0.2) is 15.0 Å². The van der Waals surface area contributed by atoms with E-state index in [0.717, 1.165) is 5.69 Å². The molecular weight excluding hydrogens is 114 g/mol. The predicted molar refractivity (Wildman–Crippen MR) is 36.0 cm³/mol. The van der Waals surface area contributed by atoms with Gasteiger partial charge >= 0.3 is 0 Å². The predicted octanol–water partition coefficient (Wildman–Crippen LogP) is 1.12. The Morgan fingerprint density at radius 3 is 2.78 bits per heavy atom. The van der Waals surface area contributed by atoms with E-state index in [0.29, 0.717) is 5.82 Å². The molecule has 0 aliphatic rings. The number of aromatic nitrogens is 2. The standard InChI is InChI=1S/C6H7N3/c1-5-3-6(7-2)9-4-8-5/h3-4H,2H2,1H3. The summed E-state index contributed by atoms with van der Waals surface area (Å²) in [6.45, 7) is 5.22. The lowest BCUT2D eigenvalue weighted by molar-refractivity contribution is 1.09. The van der Waals surface area contributed by atoms with Crippen molar-refractivity contribution in [1.82, 2.24) is 9.97 Å². The van der Waals surface area contributed by atoms with Crippen LogP contribution in [0.25, 0.3) is 0 Å². The molecule has 0 radical (unpaired) electrons. The third-order valence-electron chi connectivity index (χ3n) is 0.951. The number of nitrogens with zero attached hydrogens (tertiary/aromatic N) is 3. The van der Waals surface area contributed by atoms with E-state index in [1.54, 1.807) is 6.07 Å². The Kier molecular flexibility index (Phi) is 1.53. The van der Waals surface area contributed by atoms with E-state index in [-0.39, 0.29) is 0 Å². The van der Waals surface area contributed by atoms with E-state index in [4.69, 9.17) is 0 Å². The minimum Gasteiger partial charge on any atom is -0.245 e. The van der Waals surface area contributed by atoms with Crippen molar-refractivity contribution in [3.8, 4) is 0 Å². The number of aliphatic imine (C=N–C) groups is 1. The van der Waals surface area contributed by atoms with Crippen LogP contribution in [0.4, 0.5) is 5.82 Å². The quantitative estimate of drug-likeness (QED) is 0.522. The summed E-state index contributed by atoms with van der Waals surface area (Å²) in [6.07, 6.45) is 1.47. The Labute approximate surface area is 53.5 Å². The van der Waals surface area contributed by atoms with Crippen molar-refractivity contribution in [3.63, 3.8) is 0 Å². The molecular formula is C6H7N3. The van der Waals surface area contributed by atoms with Crippen LogP contribution in [0.2, 0.25) is 0 Å². The lowest BCUT2D eigenvalue weighted by Crippen LogP contribution is -1.80. The maximum atomic E-state index is 3.89. The monoisotopic (exact) mass is 121 g/mol. The summed E-state index contributed by atoms with van der Waals surface area (Å²) in [5.41, 5.74) is 0.910. The molecule has 0 atom stereocenters. The van der Waals surface area contributed by atoms with Crippen molar-refractivity contribution in [2.75, 3.05) is 0 Å². The Morgan fingerprint density at radius 1 is 1.56 bits per heavy atom. The van der Waals surface area contributed by atoms with Crippen molar-refractivity contribution in [2.45, 2.75) is 6.92 Å². The molecule has 0 bridgehead atoms. The average molecular weight is 121 g/mol. The zero-order chi connectivity index (χ0) is 6.69. The molecule has 3 heteroatoms. The van der Waals surface area contributed by atoms with Gasteiger partial charge in [0.25, 0.3) is 0 Å². The van der Waals surface area contributed by atoms with E-state index in [9.17, 15) is 0 Å². The first-order valence-electron chi connectivity index (χ1n) is 2.58. The van der Waals surface area contributed by atoms with Gasteiger partial charge in [0.05, 0.1) is 0 Å². The Morgan fingerprint density at radius 2 is 2.33 bits per heavy atom. The molecule has 9 heavy (non-hydrogen) atoms. The van der Waals surface area contributed by atoms with Crippen LogP contribution < -0.4 is 0 Å². The summed E-state index contributed by atoms with van der Waals surface area (Å²) < 4.78 is 0. The number of hydrogen-bond donors (Lipinski definition) is 0. The SMILES string of the molecule is C=Nc1cc(C)ncn1. The van der Waals surface area contributed by atoms with Gasteiger partial charge < -0.3 is 0 Å². The molecule has 0 aliphatic carbocycles. The summed E-state index contributed by atoms with van der Waals surface area (Å²) in [7, 11) is 0. The fourth-order valence-corrected chi connectivity index (χ4v) is 0.527. The second-order valence-corrected chi connectivity index (χ2v) is 1.68. The first kappa shape index (κ1) is 5.88. The van der Waals surface area contributed by atoms with Crippen LogP contribution in [-0.2, 0) is 0 Å². The molecule has 3 nitrogen and oxygen atoms in total. The first-order valence-corrected chi connectivity index (χ1v) is 2.58. The zero-order valence-corrected chi connectivity index (χ0v) is 5.20. The smallest absolute Gasteiger partial charge is 0.154 e. The molecule has 0 unspecified atom stereocenters. The molecule has 1 heterocycles. The van der Waals surface area contributed by atoms with Crippen molar-refractivity contribution < 1.29 is 0 Å². The van der Waals surface area contributed by atoms with Crippen LogP contribution in [0, 0.1) is 6.92 Å². The van der Waals surface area contributed by atoms with Crippen molar-refractivity contribution in [3.05, 3.63) is 18.1 Å². The summed E-state index contributed by atoms with van der Waals surface area (Å²) >= 11 is 0. The summed E-state index contributed by atoms with van der Waals surface area (Å²) in [4.78, 5) is 11.3. The topological polar surface area (TPSA) is 38.1 Å². The fraction of sp³-hybridized carbons (Fsp3) is 0.167. The highest BCUT2D eigenvalue weighted by molar-refractivity contribution is 5.38. The van der Waals surface area contributed by atoms with Gasteiger partial charge in [-0.1, -0.05) is 0 Å². The van der Waals surface area contributed by atoms with Crippen molar-refractivity contribution in [2.24, 2.45) is 4.99 Å². The number of aryl methyl sites for hydroxylation is 1. The van der Waals surface area contributed by atoms with Crippen LogP contribution in [-0.4, -0.2) is 16.7 Å². The van der Waals surface area contributed by atoms with E-state index in [1.165, 1.54) is 6.33 Å². The molecule has 0 spiro atoms. The molecule has 0 saturated heterocycles.